The van der Waals surface area contributed by atoms with Gasteiger partial charge >= 0.3 is 12.4 Å². The molecule has 3 rings (SSSR count). The molecule has 0 saturated carbocycles. The van der Waals surface area contributed by atoms with Crippen LogP contribution >= 0.6 is 0 Å². The number of nitrogens with zero attached hydrogens (tertiary/aromatic N) is 1. The van der Waals surface area contributed by atoms with Gasteiger partial charge in [-0.15, -0.1) is 0 Å². The van der Waals surface area contributed by atoms with E-state index in [-0.39, 0.29) is 10.8 Å². The van der Waals surface area contributed by atoms with E-state index in [2.05, 4.69) is 5.16 Å². The molecule has 28 heavy (non-hydrogen) atoms. The molecule has 1 saturated heterocycles. The molecule has 0 unspecified atom stereocenters. The number of ether oxygens (including phenoxy) is 2. The van der Waals surface area contributed by atoms with Gasteiger partial charge in [0.05, 0.1) is 18.8 Å². The summed E-state index contributed by atoms with van der Waals surface area (Å²) in [6.07, 6.45) is -10.1. The number of hydrogen-bond donors (Lipinski definition) is 0. The van der Waals surface area contributed by atoms with E-state index in [1.54, 1.807) is 0 Å². The summed E-state index contributed by atoms with van der Waals surface area (Å²) in [6, 6.07) is 6.66. The average Bonchev–Trinajstić information content (AvgIpc) is 2.64. The van der Waals surface area contributed by atoms with E-state index in [4.69, 9.17) is 14.3 Å². The van der Waals surface area contributed by atoms with E-state index in [1.165, 1.54) is 24.3 Å². The minimum absolute atomic E-state index is 0.00298. The molecule has 2 aromatic rings. The third-order valence-electron chi connectivity index (χ3n) is 3.98. The van der Waals surface area contributed by atoms with Crippen molar-refractivity contribution in [3.05, 3.63) is 47.5 Å². The molecule has 0 spiro atoms. The van der Waals surface area contributed by atoms with Crippen molar-refractivity contribution in [2.75, 3.05) is 19.8 Å². The van der Waals surface area contributed by atoms with E-state index in [0.717, 1.165) is 6.07 Å². The first-order chi connectivity index (χ1) is 13.2. The maximum absolute atomic E-state index is 13.6. The Hall–Kier alpha value is -2.33. The van der Waals surface area contributed by atoms with Crippen LogP contribution in [0.5, 0.6) is 0 Å². The number of fused-ring (bicyclic) bond motifs is 1. The molecule has 0 bridgehead atoms. The first kappa shape index (κ1) is 20.4. The van der Waals surface area contributed by atoms with E-state index in [9.17, 15) is 26.3 Å². The Morgan fingerprint density at radius 2 is 1.71 bits per heavy atom. The van der Waals surface area contributed by atoms with E-state index in [1.807, 2.05) is 0 Å². The molecule has 0 aromatic heterocycles. The fourth-order valence-electron chi connectivity index (χ4n) is 2.72. The number of oxime groups is 1. The Morgan fingerprint density at radius 1 is 1.04 bits per heavy atom. The lowest BCUT2D eigenvalue weighted by atomic mass is 9.97. The van der Waals surface area contributed by atoms with Crippen LogP contribution in [0.15, 0.2) is 41.6 Å². The molecule has 1 heterocycles. The van der Waals surface area contributed by atoms with Crippen LogP contribution in [-0.2, 0) is 20.5 Å². The van der Waals surface area contributed by atoms with Gasteiger partial charge < -0.3 is 14.3 Å². The van der Waals surface area contributed by atoms with E-state index in [0.29, 0.717) is 25.7 Å². The molecular weight excluding hydrogens is 392 g/mol. The first-order valence-electron chi connectivity index (χ1n) is 8.27. The third-order valence-corrected chi connectivity index (χ3v) is 3.98. The molecule has 0 atom stereocenters. The molecule has 2 aromatic carbocycles. The van der Waals surface area contributed by atoms with Gasteiger partial charge in [-0.05, 0) is 29.3 Å². The number of benzene rings is 2. The quantitative estimate of drug-likeness (QED) is 0.411. The predicted molar refractivity (Wildman–Crippen MR) is 87.8 cm³/mol. The van der Waals surface area contributed by atoms with Gasteiger partial charge in [0, 0.05) is 5.56 Å². The van der Waals surface area contributed by atoms with Crippen LogP contribution in [0.1, 0.15) is 17.5 Å². The molecular formula is C18H15F6NO3. The molecule has 1 aliphatic rings. The summed E-state index contributed by atoms with van der Waals surface area (Å²) < 4.78 is 90.5. The highest BCUT2D eigenvalue weighted by Crippen LogP contribution is 2.35. The molecule has 4 nitrogen and oxygen atoms in total. The Balaban J connectivity index is 2.02. The molecule has 0 aliphatic carbocycles. The summed E-state index contributed by atoms with van der Waals surface area (Å²) in [4.78, 5) is 4.73. The van der Waals surface area contributed by atoms with Gasteiger partial charge in [-0.3, -0.25) is 0 Å². The maximum atomic E-state index is 13.6. The summed E-state index contributed by atoms with van der Waals surface area (Å²) in [7, 11) is 0. The number of alkyl halides is 6. The van der Waals surface area contributed by atoms with Gasteiger partial charge in [0.1, 0.15) is 0 Å². The molecule has 0 amide bonds. The topological polar surface area (TPSA) is 40.0 Å². The van der Waals surface area contributed by atoms with Gasteiger partial charge in [-0.1, -0.05) is 29.4 Å². The van der Waals surface area contributed by atoms with E-state index >= 15 is 0 Å². The zero-order valence-corrected chi connectivity index (χ0v) is 14.3. The predicted octanol–water partition coefficient (Wildman–Crippen LogP) is 4.90. The molecule has 10 heteroatoms. The van der Waals surface area contributed by atoms with Gasteiger partial charge in [0.15, 0.2) is 18.6 Å². The van der Waals surface area contributed by atoms with Crippen LogP contribution in [0.25, 0.3) is 10.8 Å². The van der Waals surface area contributed by atoms with Gasteiger partial charge in [0.25, 0.3) is 0 Å². The van der Waals surface area contributed by atoms with Crippen molar-refractivity contribution in [2.24, 2.45) is 5.16 Å². The highest BCUT2D eigenvalue weighted by atomic mass is 19.4. The maximum Gasteiger partial charge on any atom is 0.437 e. The largest absolute Gasteiger partial charge is 0.437 e. The number of rotatable bonds is 4. The Bertz CT molecular complexity index is 857. The zero-order chi connectivity index (χ0) is 20.4. The third kappa shape index (κ3) is 4.74. The molecule has 1 aliphatic heterocycles. The molecule has 0 N–H and O–H groups in total. The fourth-order valence-corrected chi connectivity index (χ4v) is 2.72. The Morgan fingerprint density at radius 3 is 2.36 bits per heavy atom. The molecule has 1 fully saturated rings. The summed E-state index contributed by atoms with van der Waals surface area (Å²) in [5.41, 5.74) is -3.49. The zero-order valence-electron chi connectivity index (χ0n) is 14.3. The van der Waals surface area contributed by atoms with Gasteiger partial charge in [-0.25, -0.2) is 0 Å². The van der Waals surface area contributed by atoms with Crippen LogP contribution < -0.4 is 0 Å². The Labute approximate surface area is 155 Å². The van der Waals surface area contributed by atoms with E-state index < -0.39 is 42.1 Å². The van der Waals surface area contributed by atoms with Crippen LogP contribution in [0.4, 0.5) is 26.3 Å². The number of halogens is 6. The summed E-state index contributed by atoms with van der Waals surface area (Å²) in [6.45, 7) is 0.306. The fraction of sp³-hybridized carbons (Fsp3) is 0.389. The van der Waals surface area contributed by atoms with Crippen molar-refractivity contribution in [3.8, 4) is 0 Å². The second kappa shape index (κ2) is 7.96. The van der Waals surface area contributed by atoms with Gasteiger partial charge in [0.2, 0.25) is 0 Å². The normalized spacial score (nSPS) is 17.1. The van der Waals surface area contributed by atoms with Crippen molar-refractivity contribution in [3.63, 3.8) is 0 Å². The SMILES string of the molecule is FC(F)(F)/C(=N/OCC1OCCCO1)c1cc(C(F)(F)F)cc2ccccc12. The second-order valence-corrected chi connectivity index (χ2v) is 6.00. The lowest BCUT2D eigenvalue weighted by Crippen LogP contribution is -2.30. The average molecular weight is 407 g/mol. The summed E-state index contributed by atoms with van der Waals surface area (Å²) in [5.74, 6) is 0. The van der Waals surface area contributed by atoms with Crippen molar-refractivity contribution in [1.29, 1.82) is 0 Å². The van der Waals surface area contributed by atoms with Crippen LogP contribution in [-0.4, -0.2) is 38.0 Å². The highest BCUT2D eigenvalue weighted by molar-refractivity contribution is 6.13. The standard InChI is InChI=1S/C18H15F6NO3/c19-17(20,21)12-8-11-4-1-2-5-13(11)14(9-12)16(18(22,23)24)25-28-10-15-26-6-3-7-27-15/h1-2,4-5,8-9,15H,3,6-7,10H2/b25-16+. The van der Waals surface area contributed by atoms with Crippen LogP contribution in [0.2, 0.25) is 0 Å². The summed E-state index contributed by atoms with van der Waals surface area (Å²) >= 11 is 0. The second-order valence-electron chi connectivity index (χ2n) is 6.00. The lowest BCUT2D eigenvalue weighted by molar-refractivity contribution is -0.203. The summed E-state index contributed by atoms with van der Waals surface area (Å²) in [5, 5.41) is 3.07. The number of hydrogen-bond acceptors (Lipinski definition) is 4. The van der Waals surface area contributed by atoms with Crippen LogP contribution in [0.3, 0.4) is 0 Å². The van der Waals surface area contributed by atoms with Crippen molar-refractivity contribution in [2.45, 2.75) is 25.1 Å². The van der Waals surface area contributed by atoms with Crippen molar-refractivity contribution in [1.82, 2.24) is 0 Å². The molecule has 0 radical (unpaired) electrons. The Kier molecular flexibility index (Phi) is 5.80. The minimum Gasteiger partial charge on any atom is -0.390 e. The lowest BCUT2D eigenvalue weighted by Gasteiger charge is -2.22. The first-order valence-corrected chi connectivity index (χ1v) is 8.27. The van der Waals surface area contributed by atoms with Crippen LogP contribution in [0, 0.1) is 0 Å². The minimum atomic E-state index is -5.04. The highest BCUT2D eigenvalue weighted by Gasteiger charge is 2.40. The monoisotopic (exact) mass is 407 g/mol. The van der Waals surface area contributed by atoms with Crippen molar-refractivity contribution < 1.29 is 40.7 Å². The smallest absolute Gasteiger partial charge is 0.390 e. The molecule has 152 valence electrons. The van der Waals surface area contributed by atoms with Gasteiger partial charge in [-0.2, -0.15) is 26.3 Å². The van der Waals surface area contributed by atoms with Crippen molar-refractivity contribution >= 4 is 16.5 Å².